The Morgan fingerprint density at radius 1 is 1.39 bits per heavy atom. The highest BCUT2D eigenvalue weighted by atomic mass is 79.9. The first kappa shape index (κ1) is 14.8. The molecule has 100 valence electrons. The van der Waals surface area contributed by atoms with Crippen LogP contribution in [0.25, 0.3) is 0 Å². The van der Waals surface area contributed by atoms with Gasteiger partial charge in [0.1, 0.15) is 11.4 Å². The lowest BCUT2D eigenvalue weighted by Gasteiger charge is -2.24. The molecule has 0 bridgehead atoms. The monoisotopic (exact) mass is 315 g/mol. The molecule has 5 heteroatoms. The van der Waals surface area contributed by atoms with Crippen molar-refractivity contribution in [1.29, 1.82) is 0 Å². The number of amides is 1. The van der Waals surface area contributed by atoms with Crippen LogP contribution in [0.4, 0.5) is 4.79 Å². The van der Waals surface area contributed by atoms with Crippen LogP contribution in [0.3, 0.4) is 0 Å². The van der Waals surface area contributed by atoms with Gasteiger partial charge >= 0.3 is 6.09 Å². The minimum absolute atomic E-state index is 0.164. The van der Waals surface area contributed by atoms with Crippen LogP contribution in [0.5, 0.6) is 5.75 Å². The van der Waals surface area contributed by atoms with Gasteiger partial charge in [-0.15, -0.1) is 0 Å². The lowest BCUT2D eigenvalue weighted by atomic mass is 10.2. The number of phenols is 1. The van der Waals surface area contributed by atoms with Gasteiger partial charge in [-0.2, -0.15) is 0 Å². The van der Waals surface area contributed by atoms with E-state index in [1.165, 1.54) is 4.90 Å². The fourth-order valence-electron chi connectivity index (χ4n) is 1.40. The Hall–Kier alpha value is -1.23. The third-order valence-corrected chi connectivity index (χ3v) is 2.53. The van der Waals surface area contributed by atoms with Crippen LogP contribution < -0.4 is 0 Å². The van der Waals surface area contributed by atoms with Crippen molar-refractivity contribution in [3.63, 3.8) is 0 Å². The van der Waals surface area contributed by atoms with Gasteiger partial charge in [-0.25, -0.2) is 4.79 Å². The van der Waals surface area contributed by atoms with Crippen LogP contribution in [0, 0.1) is 0 Å². The number of benzene rings is 1. The number of rotatable bonds is 2. The number of carbonyl (C=O) groups is 1. The lowest BCUT2D eigenvalue weighted by Crippen LogP contribution is -2.33. The molecule has 0 saturated heterocycles. The molecule has 1 amide bonds. The lowest BCUT2D eigenvalue weighted by molar-refractivity contribution is 0.0285. The van der Waals surface area contributed by atoms with Gasteiger partial charge in [0.05, 0.1) is 0 Å². The topological polar surface area (TPSA) is 49.8 Å². The van der Waals surface area contributed by atoms with Gasteiger partial charge in [-0.05, 0) is 44.5 Å². The van der Waals surface area contributed by atoms with Crippen molar-refractivity contribution in [3.8, 4) is 5.75 Å². The van der Waals surface area contributed by atoms with E-state index < -0.39 is 5.60 Å². The van der Waals surface area contributed by atoms with Crippen LogP contribution >= 0.6 is 15.9 Å². The summed E-state index contributed by atoms with van der Waals surface area (Å²) in [5.41, 5.74) is 0.320. The van der Waals surface area contributed by atoms with Crippen molar-refractivity contribution >= 4 is 22.0 Å². The standard InChI is InChI=1S/C13H18BrNO3/c1-13(2,3)18-12(17)15(4)8-9-5-10(14)7-11(16)6-9/h5-7,16H,8H2,1-4H3. The van der Waals surface area contributed by atoms with E-state index in [0.717, 1.165) is 10.0 Å². The van der Waals surface area contributed by atoms with E-state index >= 15 is 0 Å². The molecule has 0 radical (unpaired) electrons. The third-order valence-electron chi connectivity index (χ3n) is 2.07. The molecule has 0 aliphatic rings. The van der Waals surface area contributed by atoms with E-state index in [-0.39, 0.29) is 11.8 Å². The largest absolute Gasteiger partial charge is 0.508 e. The van der Waals surface area contributed by atoms with Crippen molar-refractivity contribution in [1.82, 2.24) is 4.90 Å². The molecule has 0 unspecified atom stereocenters. The van der Waals surface area contributed by atoms with Crippen LogP contribution in [-0.2, 0) is 11.3 Å². The number of ether oxygens (including phenoxy) is 1. The van der Waals surface area contributed by atoms with Crippen molar-refractivity contribution in [2.24, 2.45) is 0 Å². The molecule has 18 heavy (non-hydrogen) atoms. The average molecular weight is 316 g/mol. The quantitative estimate of drug-likeness (QED) is 0.908. The minimum Gasteiger partial charge on any atom is -0.508 e. The number of nitrogens with zero attached hydrogens (tertiary/aromatic N) is 1. The number of hydrogen-bond donors (Lipinski definition) is 1. The summed E-state index contributed by atoms with van der Waals surface area (Å²) in [5.74, 6) is 0.164. The predicted molar refractivity (Wildman–Crippen MR) is 73.5 cm³/mol. The highest BCUT2D eigenvalue weighted by Crippen LogP contribution is 2.21. The maximum atomic E-state index is 11.8. The van der Waals surface area contributed by atoms with Gasteiger partial charge in [0, 0.05) is 18.1 Å². The molecular formula is C13H18BrNO3. The molecule has 1 aromatic rings. The maximum absolute atomic E-state index is 11.8. The first-order valence-corrected chi connectivity index (χ1v) is 6.39. The summed E-state index contributed by atoms with van der Waals surface area (Å²) in [6.07, 6.45) is -0.387. The maximum Gasteiger partial charge on any atom is 0.410 e. The van der Waals surface area contributed by atoms with Gasteiger partial charge in [0.25, 0.3) is 0 Å². The Bertz CT molecular complexity index is 420. The normalized spacial score (nSPS) is 11.2. The molecule has 0 aromatic heterocycles. The summed E-state index contributed by atoms with van der Waals surface area (Å²) in [6.45, 7) is 5.85. The number of aromatic hydroxyl groups is 1. The number of halogens is 1. The summed E-state index contributed by atoms with van der Waals surface area (Å²) >= 11 is 3.29. The van der Waals surface area contributed by atoms with Gasteiger partial charge in [-0.3, -0.25) is 0 Å². The first-order chi connectivity index (χ1) is 8.17. The molecule has 1 N–H and O–H groups in total. The average Bonchev–Trinajstić information content (AvgIpc) is 2.12. The van der Waals surface area contributed by atoms with Crippen molar-refractivity contribution in [2.45, 2.75) is 32.9 Å². The van der Waals surface area contributed by atoms with E-state index in [1.54, 1.807) is 19.2 Å². The molecule has 1 aromatic carbocycles. The Morgan fingerprint density at radius 3 is 2.50 bits per heavy atom. The van der Waals surface area contributed by atoms with Crippen molar-refractivity contribution in [2.75, 3.05) is 7.05 Å². The van der Waals surface area contributed by atoms with Crippen molar-refractivity contribution < 1.29 is 14.6 Å². The zero-order chi connectivity index (χ0) is 13.9. The van der Waals surface area contributed by atoms with E-state index in [9.17, 15) is 9.90 Å². The smallest absolute Gasteiger partial charge is 0.410 e. The molecule has 1 rings (SSSR count). The van der Waals surface area contributed by atoms with Gasteiger partial charge in [0.2, 0.25) is 0 Å². The molecule has 0 fully saturated rings. The van der Waals surface area contributed by atoms with E-state index in [1.807, 2.05) is 26.8 Å². The molecule has 4 nitrogen and oxygen atoms in total. The number of phenolic OH excluding ortho intramolecular Hbond substituents is 1. The number of carbonyl (C=O) groups excluding carboxylic acids is 1. The van der Waals surface area contributed by atoms with Gasteiger partial charge < -0.3 is 14.7 Å². The Morgan fingerprint density at radius 2 is 2.00 bits per heavy atom. The van der Waals surface area contributed by atoms with Crippen LogP contribution in [0.1, 0.15) is 26.3 Å². The number of hydrogen-bond acceptors (Lipinski definition) is 3. The summed E-state index contributed by atoms with van der Waals surface area (Å²) in [4.78, 5) is 13.2. The molecule has 0 aliphatic carbocycles. The highest BCUT2D eigenvalue weighted by molar-refractivity contribution is 9.10. The SMILES string of the molecule is CN(Cc1cc(O)cc(Br)c1)C(=O)OC(C)(C)C. The van der Waals surface area contributed by atoms with Crippen LogP contribution in [0.15, 0.2) is 22.7 Å². The Labute approximate surface area is 116 Å². The fourth-order valence-corrected chi connectivity index (χ4v) is 1.93. The first-order valence-electron chi connectivity index (χ1n) is 5.60. The Balaban J connectivity index is 2.69. The van der Waals surface area contributed by atoms with Gasteiger partial charge in [-0.1, -0.05) is 15.9 Å². The van der Waals surface area contributed by atoms with E-state index in [4.69, 9.17) is 4.74 Å². The van der Waals surface area contributed by atoms with Crippen molar-refractivity contribution in [3.05, 3.63) is 28.2 Å². The zero-order valence-corrected chi connectivity index (χ0v) is 12.6. The minimum atomic E-state index is -0.509. The molecule has 0 heterocycles. The summed E-state index contributed by atoms with van der Waals surface area (Å²) in [7, 11) is 1.66. The fraction of sp³-hybridized carbons (Fsp3) is 0.462. The van der Waals surface area contributed by atoms with E-state index in [0.29, 0.717) is 6.54 Å². The predicted octanol–water partition coefficient (Wildman–Crippen LogP) is 3.52. The molecule has 0 spiro atoms. The Kier molecular flexibility index (Phi) is 4.62. The summed E-state index contributed by atoms with van der Waals surface area (Å²) in [5, 5.41) is 9.47. The second-order valence-electron chi connectivity index (χ2n) is 5.15. The van der Waals surface area contributed by atoms with Crippen LogP contribution in [-0.4, -0.2) is 28.7 Å². The van der Waals surface area contributed by atoms with E-state index in [2.05, 4.69) is 15.9 Å². The van der Waals surface area contributed by atoms with Gasteiger partial charge in [0.15, 0.2) is 0 Å². The molecule has 0 aliphatic heterocycles. The summed E-state index contributed by atoms with van der Waals surface area (Å²) < 4.78 is 6.02. The third kappa shape index (κ3) is 4.96. The summed E-state index contributed by atoms with van der Waals surface area (Å²) in [6, 6.07) is 5.06. The highest BCUT2D eigenvalue weighted by Gasteiger charge is 2.19. The second kappa shape index (κ2) is 5.61. The van der Waals surface area contributed by atoms with Crippen LogP contribution in [0.2, 0.25) is 0 Å². The molecule has 0 saturated carbocycles. The molecular weight excluding hydrogens is 298 g/mol. The zero-order valence-electron chi connectivity index (χ0n) is 11.0. The molecule has 0 atom stereocenters. The second-order valence-corrected chi connectivity index (χ2v) is 6.07.